The normalized spacial score (nSPS) is 13.1. The van der Waals surface area contributed by atoms with Gasteiger partial charge in [0.2, 0.25) is 0 Å². The molecule has 112 valence electrons. The molecule has 0 aliphatic heterocycles. The van der Waals surface area contributed by atoms with Gasteiger partial charge in [0.15, 0.2) is 9.84 Å². The van der Waals surface area contributed by atoms with Gasteiger partial charge in [0.25, 0.3) is 0 Å². The van der Waals surface area contributed by atoms with Crippen LogP contribution < -0.4 is 5.32 Å². The van der Waals surface area contributed by atoms with Crippen molar-refractivity contribution < 1.29 is 12.8 Å². The smallest absolute Gasteiger partial charge is 0.175 e. The maximum Gasteiger partial charge on any atom is 0.175 e. The monoisotopic (exact) mass is 307 g/mol. The molecule has 0 fully saturated rings. The summed E-state index contributed by atoms with van der Waals surface area (Å²) in [7, 11) is -3.27. The van der Waals surface area contributed by atoms with Crippen LogP contribution in [0.25, 0.3) is 0 Å². The molecule has 21 heavy (non-hydrogen) atoms. The Hall–Kier alpha value is -1.72. The van der Waals surface area contributed by atoms with Crippen molar-refractivity contribution in [2.24, 2.45) is 0 Å². The lowest BCUT2D eigenvalue weighted by Gasteiger charge is -2.19. The van der Waals surface area contributed by atoms with E-state index in [1.165, 1.54) is 18.4 Å². The van der Waals surface area contributed by atoms with E-state index in [1.807, 2.05) is 19.1 Å². The first kappa shape index (κ1) is 15.7. The first-order valence-electron chi connectivity index (χ1n) is 6.70. The van der Waals surface area contributed by atoms with Gasteiger partial charge in [-0.3, -0.25) is 0 Å². The molecule has 1 atom stereocenters. The second kappa shape index (κ2) is 6.37. The molecule has 0 saturated heterocycles. The molecular weight excluding hydrogens is 289 g/mol. The third kappa shape index (κ3) is 3.89. The summed E-state index contributed by atoms with van der Waals surface area (Å²) in [5.41, 5.74) is 1.56. The number of hydrogen-bond acceptors (Lipinski definition) is 3. The van der Waals surface area contributed by atoms with Crippen LogP contribution in [0, 0.1) is 5.82 Å². The van der Waals surface area contributed by atoms with Crippen molar-refractivity contribution in [2.45, 2.75) is 17.9 Å². The Kier molecular flexibility index (Phi) is 4.75. The average Bonchev–Trinajstić information content (AvgIpc) is 2.44. The van der Waals surface area contributed by atoms with Crippen LogP contribution in [0.5, 0.6) is 0 Å². The van der Waals surface area contributed by atoms with Crippen LogP contribution in [0.15, 0.2) is 53.4 Å². The second-order valence-electron chi connectivity index (χ2n) is 4.89. The molecule has 2 rings (SSSR count). The van der Waals surface area contributed by atoms with Crippen LogP contribution in [0.4, 0.5) is 4.39 Å². The van der Waals surface area contributed by atoms with Crippen molar-refractivity contribution in [3.8, 4) is 0 Å². The standard InChI is InChI=1S/C16H18FNO2S/c1-3-18-16(12-6-4-8-14(17)10-12)13-7-5-9-15(11-13)21(2,19)20/h4-11,16,18H,3H2,1-2H3. The highest BCUT2D eigenvalue weighted by Crippen LogP contribution is 2.24. The van der Waals surface area contributed by atoms with Crippen LogP contribution in [0.1, 0.15) is 24.1 Å². The van der Waals surface area contributed by atoms with Crippen molar-refractivity contribution in [3.05, 3.63) is 65.5 Å². The molecule has 2 aromatic rings. The quantitative estimate of drug-likeness (QED) is 0.924. The van der Waals surface area contributed by atoms with E-state index < -0.39 is 9.84 Å². The van der Waals surface area contributed by atoms with Crippen molar-refractivity contribution in [1.29, 1.82) is 0 Å². The number of nitrogens with one attached hydrogen (secondary N) is 1. The van der Waals surface area contributed by atoms with Crippen LogP contribution in [-0.2, 0) is 9.84 Å². The highest BCUT2D eigenvalue weighted by molar-refractivity contribution is 7.90. The zero-order valence-electron chi connectivity index (χ0n) is 12.0. The van der Waals surface area contributed by atoms with E-state index in [2.05, 4.69) is 5.32 Å². The van der Waals surface area contributed by atoms with Gasteiger partial charge >= 0.3 is 0 Å². The zero-order valence-corrected chi connectivity index (χ0v) is 12.8. The van der Waals surface area contributed by atoms with Crippen molar-refractivity contribution in [1.82, 2.24) is 5.32 Å². The number of benzene rings is 2. The summed E-state index contributed by atoms with van der Waals surface area (Å²) in [6.07, 6.45) is 1.18. The van der Waals surface area contributed by atoms with Gasteiger partial charge in [-0.2, -0.15) is 0 Å². The third-order valence-corrected chi connectivity index (χ3v) is 4.32. The van der Waals surface area contributed by atoms with Gasteiger partial charge in [0, 0.05) is 6.26 Å². The van der Waals surface area contributed by atoms with E-state index in [-0.39, 0.29) is 16.8 Å². The van der Waals surface area contributed by atoms with E-state index in [9.17, 15) is 12.8 Å². The molecule has 1 N–H and O–H groups in total. The molecule has 5 heteroatoms. The molecule has 0 spiro atoms. The lowest BCUT2D eigenvalue weighted by Crippen LogP contribution is -2.22. The van der Waals surface area contributed by atoms with E-state index in [4.69, 9.17) is 0 Å². The van der Waals surface area contributed by atoms with E-state index >= 15 is 0 Å². The summed E-state index contributed by atoms with van der Waals surface area (Å²) in [4.78, 5) is 0.263. The van der Waals surface area contributed by atoms with Crippen LogP contribution >= 0.6 is 0 Å². The summed E-state index contributed by atoms with van der Waals surface area (Å²) >= 11 is 0. The number of sulfone groups is 1. The van der Waals surface area contributed by atoms with E-state index in [0.717, 1.165) is 11.1 Å². The molecule has 2 aromatic carbocycles. The van der Waals surface area contributed by atoms with Crippen LogP contribution in [0.3, 0.4) is 0 Å². The SMILES string of the molecule is CCNC(c1cccc(F)c1)c1cccc(S(C)(=O)=O)c1. The highest BCUT2D eigenvalue weighted by Gasteiger charge is 2.16. The maximum atomic E-state index is 13.4. The molecular formula is C16H18FNO2S. The Balaban J connectivity index is 2.48. The molecule has 0 radical (unpaired) electrons. The summed E-state index contributed by atoms with van der Waals surface area (Å²) in [5, 5.41) is 3.26. The molecule has 0 amide bonds. The van der Waals surface area contributed by atoms with Crippen LogP contribution in [0.2, 0.25) is 0 Å². The average molecular weight is 307 g/mol. The van der Waals surface area contributed by atoms with E-state index in [0.29, 0.717) is 6.54 Å². The maximum absolute atomic E-state index is 13.4. The molecule has 0 aliphatic carbocycles. The molecule has 0 saturated carbocycles. The minimum absolute atomic E-state index is 0.243. The topological polar surface area (TPSA) is 46.2 Å². The Morgan fingerprint density at radius 2 is 1.71 bits per heavy atom. The molecule has 0 bridgehead atoms. The number of halogens is 1. The Bertz CT molecular complexity index is 729. The largest absolute Gasteiger partial charge is 0.307 e. The van der Waals surface area contributed by atoms with Crippen LogP contribution in [-0.4, -0.2) is 21.2 Å². The number of hydrogen-bond donors (Lipinski definition) is 1. The Morgan fingerprint density at radius 3 is 2.29 bits per heavy atom. The summed E-state index contributed by atoms with van der Waals surface area (Å²) < 4.78 is 36.8. The highest BCUT2D eigenvalue weighted by atomic mass is 32.2. The number of rotatable bonds is 5. The summed E-state index contributed by atoms with van der Waals surface area (Å²) in [6, 6.07) is 12.8. The summed E-state index contributed by atoms with van der Waals surface area (Å²) in [5.74, 6) is -0.310. The predicted molar refractivity (Wildman–Crippen MR) is 81.5 cm³/mol. The molecule has 3 nitrogen and oxygen atoms in total. The molecule has 0 aliphatic rings. The van der Waals surface area contributed by atoms with E-state index in [1.54, 1.807) is 24.3 Å². The first-order valence-corrected chi connectivity index (χ1v) is 8.60. The van der Waals surface area contributed by atoms with Gasteiger partial charge in [0.1, 0.15) is 5.82 Å². The fraction of sp³-hybridized carbons (Fsp3) is 0.250. The van der Waals surface area contributed by atoms with Gasteiger partial charge in [0.05, 0.1) is 10.9 Å². The van der Waals surface area contributed by atoms with Crippen molar-refractivity contribution >= 4 is 9.84 Å². The first-order chi connectivity index (χ1) is 9.91. The minimum Gasteiger partial charge on any atom is -0.307 e. The fourth-order valence-electron chi connectivity index (χ4n) is 2.24. The summed E-state index contributed by atoms with van der Waals surface area (Å²) in [6.45, 7) is 2.64. The Morgan fingerprint density at radius 1 is 1.10 bits per heavy atom. The van der Waals surface area contributed by atoms with Crippen molar-refractivity contribution in [3.63, 3.8) is 0 Å². The van der Waals surface area contributed by atoms with Gasteiger partial charge in [-0.1, -0.05) is 31.2 Å². The zero-order chi connectivity index (χ0) is 15.5. The van der Waals surface area contributed by atoms with Gasteiger partial charge in [-0.25, -0.2) is 12.8 Å². The second-order valence-corrected chi connectivity index (χ2v) is 6.91. The lowest BCUT2D eigenvalue weighted by atomic mass is 9.98. The van der Waals surface area contributed by atoms with Gasteiger partial charge in [-0.15, -0.1) is 0 Å². The lowest BCUT2D eigenvalue weighted by molar-refractivity contribution is 0.597. The van der Waals surface area contributed by atoms with Crippen molar-refractivity contribution in [2.75, 3.05) is 12.8 Å². The minimum atomic E-state index is -3.27. The molecule has 0 aromatic heterocycles. The molecule has 0 heterocycles. The Labute approximate surface area is 124 Å². The van der Waals surface area contributed by atoms with Gasteiger partial charge < -0.3 is 5.32 Å². The third-order valence-electron chi connectivity index (χ3n) is 3.21. The predicted octanol–water partition coefficient (Wildman–Crippen LogP) is 2.93. The fourth-order valence-corrected chi connectivity index (χ4v) is 2.92. The van der Waals surface area contributed by atoms with Gasteiger partial charge in [-0.05, 0) is 41.9 Å². The molecule has 1 unspecified atom stereocenters.